The first-order valence-corrected chi connectivity index (χ1v) is 10.0. The number of hydrogen-bond donors (Lipinski definition) is 2. The van der Waals surface area contributed by atoms with Crippen LogP contribution in [-0.2, 0) is 29.1 Å². The van der Waals surface area contributed by atoms with Crippen LogP contribution in [-0.4, -0.2) is 52.7 Å². The van der Waals surface area contributed by atoms with Crippen LogP contribution >= 0.6 is 11.6 Å². The van der Waals surface area contributed by atoms with Gasteiger partial charge >= 0.3 is 5.97 Å². The van der Waals surface area contributed by atoms with Crippen molar-refractivity contribution in [1.82, 2.24) is 10.0 Å². The summed E-state index contributed by atoms with van der Waals surface area (Å²) in [4.78, 5) is 23.2. The Morgan fingerprint density at radius 1 is 1.27 bits per heavy atom. The van der Waals surface area contributed by atoms with Crippen molar-refractivity contribution in [3.63, 3.8) is 0 Å². The summed E-state index contributed by atoms with van der Waals surface area (Å²) >= 11 is 5.71. The van der Waals surface area contributed by atoms with E-state index >= 15 is 0 Å². The second-order valence-electron chi connectivity index (χ2n) is 5.70. The first kappa shape index (κ1) is 20.6. The van der Waals surface area contributed by atoms with E-state index in [1.54, 1.807) is 0 Å². The highest BCUT2D eigenvalue weighted by molar-refractivity contribution is 7.89. The van der Waals surface area contributed by atoms with Crippen molar-refractivity contribution < 1.29 is 27.5 Å². The quantitative estimate of drug-likeness (QED) is 0.590. The molecule has 1 aromatic carbocycles. The molecule has 8 nitrogen and oxygen atoms in total. The van der Waals surface area contributed by atoms with Crippen molar-refractivity contribution in [2.24, 2.45) is 0 Å². The Hall–Kier alpha value is -1.68. The molecule has 1 fully saturated rings. The molecular formula is C16H21ClN2O6S. The zero-order valence-corrected chi connectivity index (χ0v) is 15.6. The average Bonchev–Trinajstić information content (AvgIpc) is 3.12. The lowest BCUT2D eigenvalue weighted by atomic mass is 10.2. The number of carbonyl (C=O) groups is 2. The lowest BCUT2D eigenvalue weighted by Gasteiger charge is -2.11. The number of ether oxygens (including phenoxy) is 2. The van der Waals surface area contributed by atoms with Crippen LogP contribution in [0.5, 0.6) is 0 Å². The topological polar surface area (TPSA) is 111 Å². The van der Waals surface area contributed by atoms with Crippen molar-refractivity contribution in [2.45, 2.75) is 30.3 Å². The number of hydrogen-bond acceptors (Lipinski definition) is 6. The Morgan fingerprint density at radius 3 is 2.65 bits per heavy atom. The van der Waals surface area contributed by atoms with E-state index in [4.69, 9.17) is 21.1 Å². The smallest absolute Gasteiger partial charge is 0.307 e. The second kappa shape index (κ2) is 9.86. The van der Waals surface area contributed by atoms with Gasteiger partial charge in [0.25, 0.3) is 5.91 Å². The minimum absolute atomic E-state index is 0.0110. The normalized spacial score (nSPS) is 17.0. The lowest BCUT2D eigenvalue weighted by Crippen LogP contribution is -2.35. The van der Waals surface area contributed by atoms with E-state index in [9.17, 15) is 18.0 Å². The van der Waals surface area contributed by atoms with Crippen molar-refractivity contribution in [2.75, 3.05) is 26.3 Å². The number of nitrogens with one attached hydrogen (secondary N) is 2. The standard InChI is InChI=1S/C16H21ClN2O6S/c17-12-3-5-14(6-4-12)26(22,23)19-8-7-16(21)25-11-15(20)18-10-13-2-1-9-24-13/h3-6,13,19H,1-2,7-11H2,(H,18,20)/t13-/m1/s1. The summed E-state index contributed by atoms with van der Waals surface area (Å²) in [5.41, 5.74) is 0. The first-order valence-electron chi connectivity index (χ1n) is 8.16. The Kier molecular flexibility index (Phi) is 7.83. The van der Waals surface area contributed by atoms with Crippen molar-refractivity contribution in [3.05, 3.63) is 29.3 Å². The molecule has 0 unspecified atom stereocenters. The van der Waals surface area contributed by atoms with Gasteiger partial charge in [0.2, 0.25) is 10.0 Å². The van der Waals surface area contributed by atoms with E-state index in [1.165, 1.54) is 24.3 Å². The van der Waals surface area contributed by atoms with Gasteiger partial charge < -0.3 is 14.8 Å². The summed E-state index contributed by atoms with van der Waals surface area (Å²) in [7, 11) is -3.73. The number of rotatable bonds is 9. The Labute approximate surface area is 157 Å². The van der Waals surface area contributed by atoms with Gasteiger partial charge in [-0.25, -0.2) is 13.1 Å². The molecule has 0 spiro atoms. The molecule has 0 aromatic heterocycles. The maximum atomic E-state index is 12.0. The zero-order valence-electron chi connectivity index (χ0n) is 14.1. The van der Waals surface area contributed by atoms with E-state index in [0.717, 1.165) is 12.8 Å². The highest BCUT2D eigenvalue weighted by atomic mass is 35.5. The largest absolute Gasteiger partial charge is 0.456 e. The molecule has 10 heteroatoms. The fraction of sp³-hybridized carbons (Fsp3) is 0.500. The van der Waals surface area contributed by atoms with E-state index in [1.807, 2.05) is 0 Å². The summed E-state index contributed by atoms with van der Waals surface area (Å²) in [5, 5.41) is 3.04. The van der Waals surface area contributed by atoms with Gasteiger partial charge in [0.15, 0.2) is 6.61 Å². The number of amides is 1. The van der Waals surface area contributed by atoms with E-state index in [-0.39, 0.29) is 24.0 Å². The predicted octanol–water partition coefficient (Wildman–Crippen LogP) is 0.847. The number of esters is 1. The van der Waals surface area contributed by atoms with Crippen LogP contribution in [0.4, 0.5) is 0 Å². The number of benzene rings is 1. The van der Waals surface area contributed by atoms with Gasteiger partial charge in [-0.15, -0.1) is 0 Å². The molecule has 144 valence electrons. The summed E-state index contributed by atoms with van der Waals surface area (Å²) in [6.07, 6.45) is 1.69. The van der Waals surface area contributed by atoms with Crippen LogP contribution in [0.3, 0.4) is 0 Å². The van der Waals surface area contributed by atoms with Crippen molar-refractivity contribution >= 4 is 33.5 Å². The lowest BCUT2D eigenvalue weighted by molar-refractivity contribution is -0.148. The summed E-state index contributed by atoms with van der Waals surface area (Å²) < 4.78 is 36.5. The summed E-state index contributed by atoms with van der Waals surface area (Å²) in [6, 6.07) is 5.64. The van der Waals surface area contributed by atoms with Crippen LogP contribution in [0, 0.1) is 0 Å². The molecule has 1 aliphatic rings. The van der Waals surface area contributed by atoms with Gasteiger partial charge in [0.05, 0.1) is 17.4 Å². The van der Waals surface area contributed by atoms with Crippen LogP contribution < -0.4 is 10.0 Å². The van der Waals surface area contributed by atoms with E-state index in [0.29, 0.717) is 18.2 Å². The third-order valence-electron chi connectivity index (χ3n) is 3.66. The third kappa shape index (κ3) is 6.91. The molecule has 0 bridgehead atoms. The van der Waals surface area contributed by atoms with Crippen LogP contribution in [0.25, 0.3) is 0 Å². The number of sulfonamides is 1. The summed E-state index contributed by atoms with van der Waals surface area (Å²) in [5.74, 6) is -1.09. The molecule has 0 saturated carbocycles. The SMILES string of the molecule is O=C(COC(=O)CCNS(=O)(=O)c1ccc(Cl)cc1)NC[C@H]1CCCO1. The van der Waals surface area contributed by atoms with E-state index < -0.39 is 28.5 Å². The highest BCUT2D eigenvalue weighted by Gasteiger charge is 2.17. The predicted molar refractivity (Wildman–Crippen MR) is 94.2 cm³/mol. The third-order valence-corrected chi connectivity index (χ3v) is 5.39. The summed E-state index contributed by atoms with van der Waals surface area (Å²) in [6.45, 7) is 0.537. The molecule has 0 aliphatic carbocycles. The van der Waals surface area contributed by atoms with Gasteiger partial charge in [-0.3, -0.25) is 9.59 Å². The Morgan fingerprint density at radius 2 is 2.00 bits per heavy atom. The molecule has 1 saturated heterocycles. The minimum atomic E-state index is -3.73. The monoisotopic (exact) mass is 404 g/mol. The van der Waals surface area contributed by atoms with Gasteiger partial charge in [-0.1, -0.05) is 11.6 Å². The fourth-order valence-electron chi connectivity index (χ4n) is 2.29. The molecule has 1 amide bonds. The van der Waals surface area contributed by atoms with Gasteiger partial charge in [-0.05, 0) is 37.1 Å². The van der Waals surface area contributed by atoms with Crippen molar-refractivity contribution in [1.29, 1.82) is 0 Å². The zero-order chi connectivity index (χ0) is 19.0. The first-order chi connectivity index (χ1) is 12.4. The maximum Gasteiger partial charge on any atom is 0.307 e. The Bertz CT molecular complexity index is 717. The second-order valence-corrected chi connectivity index (χ2v) is 7.90. The molecule has 26 heavy (non-hydrogen) atoms. The maximum absolute atomic E-state index is 12.0. The number of carbonyl (C=O) groups excluding carboxylic acids is 2. The number of halogens is 1. The van der Waals surface area contributed by atoms with Gasteiger partial charge in [0.1, 0.15) is 0 Å². The Balaban J connectivity index is 1.63. The molecule has 1 atom stereocenters. The average molecular weight is 405 g/mol. The van der Waals surface area contributed by atoms with Gasteiger partial charge in [0, 0.05) is 24.7 Å². The van der Waals surface area contributed by atoms with Crippen molar-refractivity contribution in [3.8, 4) is 0 Å². The molecule has 2 N–H and O–H groups in total. The van der Waals surface area contributed by atoms with Crippen LogP contribution in [0.15, 0.2) is 29.2 Å². The van der Waals surface area contributed by atoms with Crippen LogP contribution in [0.2, 0.25) is 5.02 Å². The fourth-order valence-corrected chi connectivity index (χ4v) is 3.44. The van der Waals surface area contributed by atoms with Gasteiger partial charge in [-0.2, -0.15) is 0 Å². The van der Waals surface area contributed by atoms with Crippen LogP contribution in [0.1, 0.15) is 19.3 Å². The highest BCUT2D eigenvalue weighted by Crippen LogP contribution is 2.13. The molecule has 0 radical (unpaired) electrons. The van der Waals surface area contributed by atoms with E-state index in [2.05, 4.69) is 10.0 Å². The molecule has 1 aliphatic heterocycles. The molecule has 1 heterocycles. The molecule has 2 rings (SSSR count). The molecular weight excluding hydrogens is 384 g/mol. The molecule has 1 aromatic rings. The minimum Gasteiger partial charge on any atom is -0.456 e.